The van der Waals surface area contributed by atoms with Crippen LogP contribution in [0.4, 0.5) is 0 Å². The maximum atomic E-state index is 10.2. The fourth-order valence-electron chi connectivity index (χ4n) is 0.581. The third-order valence-corrected chi connectivity index (χ3v) is 1.93. The molecular weight excluding hydrogens is 199 g/mol. The standard InChI is InChI=1S/C7H6O2.C2H3O2.Al.2H/c8-7(9)6-4-2-1-3-5-6;1-2(3)4;;;/h1-5H,(H,8,9);1H2,(H,3,4);;;. The summed E-state index contributed by atoms with van der Waals surface area (Å²) >= 11 is 0.774. The van der Waals surface area contributed by atoms with E-state index in [1.165, 1.54) is 0 Å². The number of hydrogen-bond acceptors (Lipinski definition) is 2. The van der Waals surface area contributed by atoms with Gasteiger partial charge in [0.25, 0.3) is 5.97 Å². The molecule has 0 aliphatic carbocycles. The maximum absolute atomic E-state index is 10.2. The average Bonchev–Trinajstić information content (AvgIpc) is 2.20. The highest BCUT2D eigenvalue weighted by Gasteiger charge is 1.96. The minimum atomic E-state index is -0.879. The second kappa shape index (κ2) is 7.13. The summed E-state index contributed by atoms with van der Waals surface area (Å²) in [6, 6.07) is 8.30. The van der Waals surface area contributed by atoms with Crippen LogP contribution in [0.25, 0.3) is 0 Å². The van der Waals surface area contributed by atoms with E-state index in [-0.39, 0.29) is 0 Å². The molecule has 0 saturated carbocycles. The smallest absolute Gasteiger partial charge is 0.335 e. The van der Waals surface area contributed by atoms with E-state index in [4.69, 9.17) is 10.2 Å². The molecule has 0 bridgehead atoms. The van der Waals surface area contributed by atoms with Crippen LogP contribution in [0.1, 0.15) is 10.4 Å². The Morgan fingerprint density at radius 3 is 1.79 bits per heavy atom. The van der Waals surface area contributed by atoms with Gasteiger partial charge in [0.2, 0.25) is 16.3 Å². The SMILES string of the molecule is O=C(O)[CH2][AlH2].O=C(O)c1ccccc1. The van der Waals surface area contributed by atoms with E-state index >= 15 is 0 Å². The van der Waals surface area contributed by atoms with Crippen LogP contribution in [0, 0.1) is 0 Å². The van der Waals surface area contributed by atoms with Gasteiger partial charge in [-0.25, -0.2) is 4.79 Å². The molecule has 1 rings (SSSR count). The molecule has 5 heteroatoms. The summed E-state index contributed by atoms with van der Waals surface area (Å²) in [7, 11) is 0. The lowest BCUT2D eigenvalue weighted by Gasteiger charge is -1.88. The van der Waals surface area contributed by atoms with Crippen LogP contribution in [0.3, 0.4) is 0 Å². The van der Waals surface area contributed by atoms with Crippen LogP contribution < -0.4 is 0 Å². The Hall–Kier alpha value is -1.31. The van der Waals surface area contributed by atoms with E-state index < -0.39 is 11.9 Å². The molecule has 0 aliphatic heterocycles. The lowest BCUT2D eigenvalue weighted by molar-refractivity contribution is -0.134. The first-order chi connectivity index (χ1) is 6.57. The Balaban J connectivity index is 0.000000292. The molecule has 0 fully saturated rings. The van der Waals surface area contributed by atoms with Crippen molar-refractivity contribution >= 4 is 28.2 Å². The molecule has 0 atom stereocenters. The Labute approximate surface area is 89.6 Å². The van der Waals surface area contributed by atoms with Crippen LogP contribution in [-0.4, -0.2) is 38.4 Å². The van der Waals surface area contributed by atoms with Gasteiger partial charge in [0.15, 0.2) is 0 Å². The highest BCUT2D eigenvalue weighted by molar-refractivity contribution is 6.18. The number of hydrogen-bond donors (Lipinski definition) is 2. The highest BCUT2D eigenvalue weighted by Crippen LogP contribution is 1.96. The summed E-state index contributed by atoms with van der Waals surface area (Å²) in [4.78, 5) is 19.6. The third-order valence-electron chi connectivity index (χ3n) is 1.32. The molecule has 4 nitrogen and oxygen atoms in total. The lowest BCUT2D eigenvalue weighted by atomic mass is 10.2. The van der Waals surface area contributed by atoms with Gasteiger partial charge in [-0.15, -0.1) is 0 Å². The van der Waals surface area contributed by atoms with Crippen LogP contribution in [-0.2, 0) is 4.79 Å². The Kier molecular flexibility index (Phi) is 6.46. The van der Waals surface area contributed by atoms with Gasteiger partial charge in [-0.2, -0.15) is 0 Å². The average molecular weight is 210 g/mol. The van der Waals surface area contributed by atoms with Crippen molar-refractivity contribution in [3.8, 4) is 0 Å². The van der Waals surface area contributed by atoms with Crippen molar-refractivity contribution in [2.75, 3.05) is 0 Å². The summed E-state index contributed by atoms with van der Waals surface area (Å²) in [5.41, 5.74) is 0.331. The first kappa shape index (κ1) is 12.7. The molecule has 0 aromatic heterocycles. The van der Waals surface area contributed by atoms with Crippen LogP contribution in [0.15, 0.2) is 30.3 Å². The lowest BCUT2D eigenvalue weighted by Crippen LogP contribution is -1.93. The monoisotopic (exact) mass is 210 g/mol. The molecule has 0 spiro atoms. The quantitative estimate of drug-likeness (QED) is 0.697. The molecule has 1 aromatic carbocycles. The maximum Gasteiger partial charge on any atom is 0.335 e. The number of benzene rings is 1. The van der Waals surface area contributed by atoms with Crippen LogP contribution >= 0.6 is 0 Å². The second-order valence-electron chi connectivity index (χ2n) is 2.42. The largest absolute Gasteiger partial charge is 0.482 e. The predicted octanol–water partition coefficient (Wildman–Crippen LogP) is 0.507. The molecule has 14 heavy (non-hydrogen) atoms. The zero-order valence-corrected chi connectivity index (χ0v) is 9.80. The van der Waals surface area contributed by atoms with E-state index in [1.807, 2.05) is 0 Å². The van der Waals surface area contributed by atoms with Crippen molar-refractivity contribution in [1.82, 2.24) is 0 Å². The topological polar surface area (TPSA) is 74.6 Å². The van der Waals surface area contributed by atoms with Gasteiger partial charge in [-0.3, -0.25) is 4.79 Å². The Morgan fingerprint density at radius 1 is 1.14 bits per heavy atom. The minimum absolute atomic E-state index is 0.331. The number of aliphatic carboxylic acids is 1. The van der Waals surface area contributed by atoms with Gasteiger partial charge in [-0.1, -0.05) is 18.2 Å². The highest BCUT2D eigenvalue weighted by atomic mass is 27.0. The number of rotatable bonds is 2. The first-order valence-electron chi connectivity index (χ1n) is 4.08. The number of carboxylic acid groups (broad SMARTS) is 2. The fourth-order valence-corrected chi connectivity index (χ4v) is 0.581. The fraction of sp³-hybridized carbons (Fsp3) is 0.111. The number of carbonyl (C=O) groups is 2. The van der Waals surface area contributed by atoms with E-state index in [0.29, 0.717) is 10.8 Å². The molecule has 0 radical (unpaired) electrons. The van der Waals surface area contributed by atoms with Crippen molar-refractivity contribution in [3.05, 3.63) is 35.9 Å². The van der Waals surface area contributed by atoms with Gasteiger partial charge >= 0.3 is 5.97 Å². The summed E-state index contributed by atoms with van der Waals surface area (Å²) < 4.78 is 0. The predicted molar refractivity (Wildman–Crippen MR) is 54.4 cm³/mol. The summed E-state index contributed by atoms with van der Waals surface area (Å²) in [6.45, 7) is 0. The van der Waals surface area contributed by atoms with Gasteiger partial charge < -0.3 is 10.2 Å². The van der Waals surface area contributed by atoms with Crippen molar-refractivity contribution in [2.45, 2.75) is 5.28 Å². The van der Waals surface area contributed by atoms with Gasteiger partial charge in [0.1, 0.15) is 0 Å². The first-order valence-corrected chi connectivity index (χ1v) is 5.49. The van der Waals surface area contributed by atoms with Gasteiger partial charge in [0.05, 0.1) is 5.56 Å². The van der Waals surface area contributed by atoms with E-state index in [1.54, 1.807) is 30.3 Å². The van der Waals surface area contributed by atoms with Crippen molar-refractivity contribution < 1.29 is 19.8 Å². The van der Waals surface area contributed by atoms with Crippen molar-refractivity contribution in [3.63, 3.8) is 0 Å². The van der Waals surface area contributed by atoms with Crippen LogP contribution in [0.2, 0.25) is 5.28 Å². The number of carboxylic acids is 2. The van der Waals surface area contributed by atoms with E-state index in [9.17, 15) is 9.59 Å². The minimum Gasteiger partial charge on any atom is -0.482 e. The Morgan fingerprint density at radius 2 is 1.57 bits per heavy atom. The molecule has 0 amide bonds. The van der Waals surface area contributed by atoms with Gasteiger partial charge in [0, 0.05) is 0 Å². The molecule has 2 N–H and O–H groups in total. The zero-order valence-electron chi connectivity index (χ0n) is 7.80. The molecule has 0 aliphatic rings. The summed E-state index contributed by atoms with van der Waals surface area (Å²) in [5, 5.41) is 16.5. The summed E-state index contributed by atoms with van der Waals surface area (Å²) in [6.07, 6.45) is 0. The van der Waals surface area contributed by atoms with Crippen molar-refractivity contribution in [2.24, 2.45) is 0 Å². The zero-order chi connectivity index (χ0) is 11.0. The Bertz CT molecular complexity index is 297. The number of aromatic carboxylic acids is 1. The van der Waals surface area contributed by atoms with E-state index in [2.05, 4.69) is 0 Å². The van der Waals surface area contributed by atoms with Crippen LogP contribution in [0.5, 0.6) is 0 Å². The molecular formula is C9H11AlO4. The second-order valence-corrected chi connectivity index (χ2v) is 3.13. The molecule has 74 valence electrons. The molecule has 0 heterocycles. The van der Waals surface area contributed by atoms with Crippen molar-refractivity contribution in [1.29, 1.82) is 0 Å². The van der Waals surface area contributed by atoms with E-state index in [0.717, 1.165) is 16.3 Å². The third kappa shape index (κ3) is 6.24. The van der Waals surface area contributed by atoms with Gasteiger partial charge in [-0.05, 0) is 17.4 Å². The normalized spacial score (nSPS) is 8.29. The molecule has 0 saturated heterocycles. The molecule has 1 aromatic rings. The summed E-state index contributed by atoms with van der Waals surface area (Å²) in [5.74, 6) is -1.56. The molecule has 0 unspecified atom stereocenters.